The first kappa shape index (κ1) is 16.1. The van der Waals surface area contributed by atoms with E-state index in [-0.39, 0.29) is 12.3 Å². The van der Waals surface area contributed by atoms with Gasteiger partial charge in [0.05, 0.1) is 16.9 Å². The first-order valence-corrected chi connectivity index (χ1v) is 9.46. The van der Waals surface area contributed by atoms with Crippen molar-refractivity contribution < 1.29 is 18.0 Å². The molecule has 124 valence electrons. The molecule has 2 heterocycles. The predicted molar refractivity (Wildman–Crippen MR) is 85.8 cm³/mol. The quantitative estimate of drug-likeness (QED) is 0.779. The monoisotopic (exact) mass is 336 g/mol. The third-order valence-corrected chi connectivity index (χ3v) is 6.26. The van der Waals surface area contributed by atoms with E-state index in [1.54, 1.807) is 18.2 Å². The van der Waals surface area contributed by atoms with Gasteiger partial charge in [-0.2, -0.15) is 0 Å². The SMILES string of the molecule is Cc1ccc2c(c1)C(=O)N(CCS(=O)(=O)N1CCCCC1)C2=O. The van der Waals surface area contributed by atoms with Gasteiger partial charge in [-0.15, -0.1) is 0 Å². The molecule has 2 amide bonds. The maximum Gasteiger partial charge on any atom is 0.261 e. The summed E-state index contributed by atoms with van der Waals surface area (Å²) in [5.74, 6) is -1.02. The van der Waals surface area contributed by atoms with Crippen LogP contribution in [0.25, 0.3) is 0 Å². The minimum atomic E-state index is -3.43. The number of carbonyl (C=O) groups excluding carboxylic acids is 2. The molecule has 1 fully saturated rings. The fourth-order valence-corrected chi connectivity index (χ4v) is 4.57. The maximum atomic E-state index is 12.4. The van der Waals surface area contributed by atoms with Crippen molar-refractivity contribution in [3.63, 3.8) is 0 Å². The molecule has 1 aromatic rings. The molecule has 1 aromatic carbocycles. The topological polar surface area (TPSA) is 74.8 Å². The Morgan fingerprint density at radius 3 is 2.35 bits per heavy atom. The standard InChI is InChI=1S/C16H20N2O4S/c1-12-5-6-13-14(11-12)16(20)18(15(13)19)9-10-23(21,22)17-7-3-2-4-8-17/h5-6,11H,2-4,7-10H2,1H3. The lowest BCUT2D eigenvalue weighted by Gasteiger charge is -2.26. The number of nitrogens with zero attached hydrogens (tertiary/aromatic N) is 2. The van der Waals surface area contributed by atoms with Crippen LogP contribution in [0, 0.1) is 6.92 Å². The van der Waals surface area contributed by atoms with Gasteiger partial charge in [-0.1, -0.05) is 18.1 Å². The summed E-state index contributed by atoms with van der Waals surface area (Å²) < 4.78 is 26.2. The van der Waals surface area contributed by atoms with E-state index in [0.717, 1.165) is 29.7 Å². The van der Waals surface area contributed by atoms with Gasteiger partial charge in [0, 0.05) is 19.6 Å². The Kier molecular flexibility index (Phi) is 4.25. The highest BCUT2D eigenvalue weighted by Crippen LogP contribution is 2.24. The number of sulfonamides is 1. The molecule has 0 N–H and O–H groups in total. The number of rotatable bonds is 4. The second-order valence-electron chi connectivity index (χ2n) is 6.09. The van der Waals surface area contributed by atoms with Crippen molar-refractivity contribution in [3.05, 3.63) is 34.9 Å². The molecule has 0 radical (unpaired) electrons. The van der Waals surface area contributed by atoms with Crippen LogP contribution in [0.3, 0.4) is 0 Å². The number of fused-ring (bicyclic) bond motifs is 1. The fourth-order valence-electron chi connectivity index (χ4n) is 3.09. The number of hydrogen-bond donors (Lipinski definition) is 0. The van der Waals surface area contributed by atoms with Crippen LogP contribution < -0.4 is 0 Å². The van der Waals surface area contributed by atoms with Gasteiger partial charge in [0.2, 0.25) is 10.0 Å². The molecule has 2 aliphatic heterocycles. The van der Waals surface area contributed by atoms with Gasteiger partial charge in [0.15, 0.2) is 0 Å². The largest absolute Gasteiger partial charge is 0.273 e. The third-order valence-electron chi connectivity index (χ3n) is 4.41. The lowest BCUT2D eigenvalue weighted by molar-refractivity contribution is 0.0663. The predicted octanol–water partition coefficient (Wildman–Crippen LogP) is 1.41. The molecular formula is C16H20N2O4S. The van der Waals surface area contributed by atoms with Crippen molar-refractivity contribution in [2.75, 3.05) is 25.4 Å². The van der Waals surface area contributed by atoms with E-state index in [0.29, 0.717) is 24.2 Å². The van der Waals surface area contributed by atoms with Gasteiger partial charge in [-0.05, 0) is 31.9 Å². The number of hydrogen-bond acceptors (Lipinski definition) is 4. The number of amides is 2. The minimum absolute atomic E-state index is 0.0930. The summed E-state index contributed by atoms with van der Waals surface area (Å²) in [6.07, 6.45) is 2.78. The summed E-state index contributed by atoms with van der Waals surface area (Å²) in [6, 6.07) is 5.08. The van der Waals surface area contributed by atoms with Gasteiger partial charge in [-0.3, -0.25) is 14.5 Å². The van der Waals surface area contributed by atoms with E-state index in [9.17, 15) is 18.0 Å². The lowest BCUT2D eigenvalue weighted by atomic mass is 10.1. The molecule has 0 saturated carbocycles. The van der Waals surface area contributed by atoms with Gasteiger partial charge in [0.1, 0.15) is 0 Å². The molecule has 0 unspecified atom stereocenters. The Hall–Kier alpha value is -1.73. The van der Waals surface area contributed by atoms with Crippen LogP contribution in [0.5, 0.6) is 0 Å². The highest BCUT2D eigenvalue weighted by atomic mass is 32.2. The molecule has 3 rings (SSSR count). The van der Waals surface area contributed by atoms with Crippen molar-refractivity contribution in [2.45, 2.75) is 26.2 Å². The zero-order chi connectivity index (χ0) is 16.6. The molecule has 7 heteroatoms. The Balaban J connectivity index is 1.72. The molecular weight excluding hydrogens is 316 g/mol. The Labute approximate surface area is 136 Å². The summed E-state index contributed by atoms with van der Waals surface area (Å²) in [7, 11) is -3.43. The zero-order valence-electron chi connectivity index (χ0n) is 13.1. The van der Waals surface area contributed by atoms with Crippen LogP contribution in [0.1, 0.15) is 45.5 Å². The summed E-state index contributed by atoms with van der Waals surface area (Å²) >= 11 is 0. The van der Waals surface area contributed by atoms with E-state index in [1.807, 2.05) is 6.92 Å². The molecule has 0 atom stereocenters. The second-order valence-corrected chi connectivity index (χ2v) is 8.18. The van der Waals surface area contributed by atoms with Gasteiger partial charge in [0.25, 0.3) is 11.8 Å². The summed E-state index contributed by atoms with van der Waals surface area (Å²) in [4.78, 5) is 25.7. The maximum absolute atomic E-state index is 12.4. The average Bonchev–Trinajstić information content (AvgIpc) is 2.77. The van der Waals surface area contributed by atoms with Gasteiger partial charge in [-0.25, -0.2) is 12.7 Å². The van der Waals surface area contributed by atoms with E-state index in [1.165, 1.54) is 4.31 Å². The lowest BCUT2D eigenvalue weighted by Crippen LogP contribution is -2.41. The van der Waals surface area contributed by atoms with E-state index < -0.39 is 21.8 Å². The van der Waals surface area contributed by atoms with Crippen molar-refractivity contribution >= 4 is 21.8 Å². The van der Waals surface area contributed by atoms with E-state index in [4.69, 9.17) is 0 Å². The minimum Gasteiger partial charge on any atom is -0.273 e. The Morgan fingerprint density at radius 2 is 1.65 bits per heavy atom. The van der Waals surface area contributed by atoms with E-state index in [2.05, 4.69) is 0 Å². The second kappa shape index (κ2) is 6.05. The smallest absolute Gasteiger partial charge is 0.261 e. The molecule has 2 aliphatic rings. The molecule has 1 saturated heterocycles. The van der Waals surface area contributed by atoms with Crippen LogP contribution in [-0.2, 0) is 10.0 Å². The van der Waals surface area contributed by atoms with E-state index >= 15 is 0 Å². The number of carbonyl (C=O) groups is 2. The highest BCUT2D eigenvalue weighted by molar-refractivity contribution is 7.89. The van der Waals surface area contributed by atoms with Crippen LogP contribution in [0.15, 0.2) is 18.2 Å². The van der Waals surface area contributed by atoms with Gasteiger partial charge >= 0.3 is 0 Å². The Morgan fingerprint density at radius 1 is 1.00 bits per heavy atom. The summed E-state index contributed by atoms with van der Waals surface area (Å²) in [5.41, 5.74) is 1.62. The molecule has 6 nitrogen and oxygen atoms in total. The Bertz CT molecular complexity index is 751. The van der Waals surface area contributed by atoms with Crippen LogP contribution in [0.4, 0.5) is 0 Å². The van der Waals surface area contributed by atoms with Crippen molar-refractivity contribution in [1.29, 1.82) is 0 Å². The zero-order valence-corrected chi connectivity index (χ0v) is 13.9. The van der Waals surface area contributed by atoms with Crippen molar-refractivity contribution in [3.8, 4) is 0 Å². The van der Waals surface area contributed by atoms with Crippen molar-refractivity contribution in [2.24, 2.45) is 0 Å². The van der Waals surface area contributed by atoms with Gasteiger partial charge < -0.3 is 0 Å². The van der Waals surface area contributed by atoms with Crippen LogP contribution in [0.2, 0.25) is 0 Å². The first-order valence-electron chi connectivity index (χ1n) is 7.85. The number of benzene rings is 1. The molecule has 0 aromatic heterocycles. The third kappa shape index (κ3) is 3.03. The normalized spacial score (nSPS) is 19.3. The summed E-state index contributed by atoms with van der Waals surface area (Å²) in [5, 5.41) is 0. The van der Waals surface area contributed by atoms with Crippen molar-refractivity contribution in [1.82, 2.24) is 9.21 Å². The number of imide groups is 1. The number of piperidine rings is 1. The number of aryl methyl sites for hydroxylation is 1. The summed E-state index contributed by atoms with van der Waals surface area (Å²) in [6.45, 7) is 2.82. The highest BCUT2D eigenvalue weighted by Gasteiger charge is 2.36. The molecule has 0 spiro atoms. The van der Waals surface area contributed by atoms with Crippen LogP contribution >= 0.6 is 0 Å². The fraction of sp³-hybridized carbons (Fsp3) is 0.500. The molecule has 23 heavy (non-hydrogen) atoms. The average molecular weight is 336 g/mol. The molecule has 0 aliphatic carbocycles. The first-order chi connectivity index (χ1) is 10.9. The molecule has 0 bridgehead atoms. The van der Waals surface area contributed by atoms with Crippen LogP contribution in [-0.4, -0.2) is 54.8 Å².